The van der Waals surface area contributed by atoms with E-state index < -0.39 is 17.4 Å². The molecule has 1 heterocycles. The van der Waals surface area contributed by atoms with Crippen molar-refractivity contribution in [3.8, 4) is 11.5 Å². The first-order valence-corrected chi connectivity index (χ1v) is 9.17. The van der Waals surface area contributed by atoms with Crippen molar-refractivity contribution in [1.29, 1.82) is 0 Å². The van der Waals surface area contributed by atoms with E-state index in [4.69, 9.17) is 14.6 Å². The molecule has 28 heavy (non-hydrogen) atoms. The summed E-state index contributed by atoms with van der Waals surface area (Å²) in [4.78, 5) is 10.7. The highest BCUT2D eigenvalue weighted by Crippen LogP contribution is 2.43. The van der Waals surface area contributed by atoms with Crippen LogP contribution in [-0.2, 0) is 4.79 Å². The van der Waals surface area contributed by atoms with Crippen LogP contribution < -0.4 is 9.47 Å². The van der Waals surface area contributed by atoms with Gasteiger partial charge in [0.25, 0.3) is 0 Å². The lowest BCUT2D eigenvalue weighted by molar-refractivity contribution is -0.131. The summed E-state index contributed by atoms with van der Waals surface area (Å²) in [7, 11) is 1.54. The summed E-state index contributed by atoms with van der Waals surface area (Å²) >= 11 is 0. The van der Waals surface area contributed by atoms with E-state index in [0.29, 0.717) is 28.2 Å². The molecule has 0 aromatic heterocycles. The first kappa shape index (κ1) is 21.5. The maximum absolute atomic E-state index is 14.7. The van der Waals surface area contributed by atoms with Gasteiger partial charge in [0.05, 0.1) is 7.11 Å². The van der Waals surface area contributed by atoms with Crippen molar-refractivity contribution in [2.24, 2.45) is 0 Å². The van der Waals surface area contributed by atoms with Gasteiger partial charge >= 0.3 is 5.97 Å². The molecule has 1 aromatic rings. The molecule has 0 aliphatic carbocycles. The van der Waals surface area contributed by atoms with Crippen LogP contribution in [0.5, 0.6) is 11.5 Å². The van der Waals surface area contributed by atoms with Crippen LogP contribution >= 0.6 is 0 Å². The smallest absolute Gasteiger partial charge is 0.328 e. The number of rotatable bonds is 6. The number of aliphatic carboxylic acids is 1. The third kappa shape index (κ3) is 4.91. The van der Waals surface area contributed by atoms with Crippen LogP contribution in [0.4, 0.5) is 4.39 Å². The number of methoxy groups -OCH3 is 1. The Morgan fingerprint density at radius 2 is 1.96 bits per heavy atom. The van der Waals surface area contributed by atoms with Crippen molar-refractivity contribution in [1.82, 2.24) is 0 Å². The molecular weight excluding hydrogens is 359 g/mol. The van der Waals surface area contributed by atoms with Gasteiger partial charge in [0.15, 0.2) is 0 Å². The second kappa shape index (κ2) is 8.46. The number of carboxylic acids is 1. The number of hydrogen-bond acceptors (Lipinski definition) is 3. The predicted octanol–water partition coefficient (Wildman–Crippen LogP) is 5.95. The summed E-state index contributed by atoms with van der Waals surface area (Å²) in [5, 5.41) is 8.75. The monoisotopic (exact) mass is 386 g/mol. The molecule has 5 heteroatoms. The Morgan fingerprint density at radius 3 is 2.54 bits per heavy atom. The molecule has 0 fully saturated rings. The largest absolute Gasteiger partial charge is 0.496 e. The van der Waals surface area contributed by atoms with Gasteiger partial charge in [0, 0.05) is 23.3 Å². The lowest BCUT2D eigenvalue weighted by Crippen LogP contribution is -2.29. The van der Waals surface area contributed by atoms with E-state index in [0.717, 1.165) is 23.6 Å². The fourth-order valence-electron chi connectivity index (χ4n) is 3.16. The van der Waals surface area contributed by atoms with Gasteiger partial charge in [-0.1, -0.05) is 13.0 Å². The summed E-state index contributed by atoms with van der Waals surface area (Å²) in [6, 6.07) is 3.69. The lowest BCUT2D eigenvalue weighted by atomic mass is 9.90. The number of carboxylic acid groups (broad SMARTS) is 1. The van der Waals surface area contributed by atoms with Gasteiger partial charge in [-0.3, -0.25) is 0 Å². The van der Waals surface area contributed by atoms with E-state index in [-0.39, 0.29) is 0 Å². The van der Waals surface area contributed by atoms with Gasteiger partial charge in [-0.25, -0.2) is 9.18 Å². The second-order valence-electron chi connectivity index (χ2n) is 7.31. The Morgan fingerprint density at radius 1 is 1.29 bits per heavy atom. The second-order valence-corrected chi connectivity index (χ2v) is 7.31. The number of carbonyl (C=O) groups is 1. The Labute approximate surface area is 165 Å². The minimum absolute atomic E-state index is 0.402. The number of benzene rings is 1. The predicted molar refractivity (Wildman–Crippen MR) is 110 cm³/mol. The van der Waals surface area contributed by atoms with Crippen molar-refractivity contribution in [3.05, 3.63) is 59.0 Å². The zero-order chi connectivity index (χ0) is 21.1. The van der Waals surface area contributed by atoms with Crippen molar-refractivity contribution in [2.45, 2.75) is 46.6 Å². The summed E-state index contributed by atoms with van der Waals surface area (Å²) in [5.74, 6) is -0.295. The molecule has 0 radical (unpaired) electrons. The highest BCUT2D eigenvalue weighted by molar-refractivity contribution is 5.82. The molecule has 1 N–H and O–H groups in total. The Bertz CT molecular complexity index is 901. The van der Waals surface area contributed by atoms with E-state index in [1.54, 1.807) is 19.9 Å². The lowest BCUT2D eigenvalue weighted by Gasteiger charge is -2.32. The summed E-state index contributed by atoms with van der Waals surface area (Å²) < 4.78 is 26.3. The quantitative estimate of drug-likeness (QED) is 0.485. The van der Waals surface area contributed by atoms with Crippen LogP contribution in [0, 0.1) is 0 Å². The van der Waals surface area contributed by atoms with Crippen LogP contribution in [0.25, 0.3) is 11.1 Å². The maximum atomic E-state index is 14.7. The molecule has 0 atom stereocenters. The van der Waals surface area contributed by atoms with E-state index in [1.807, 2.05) is 19.9 Å². The zero-order valence-corrected chi connectivity index (χ0v) is 17.2. The molecule has 2 rings (SSSR count). The fraction of sp³-hybridized carbons (Fsp3) is 0.348. The van der Waals surface area contributed by atoms with Gasteiger partial charge in [-0.05, 0) is 69.1 Å². The van der Waals surface area contributed by atoms with Crippen LogP contribution in [0.15, 0.2) is 47.8 Å². The van der Waals surface area contributed by atoms with Crippen molar-refractivity contribution < 1.29 is 23.8 Å². The highest BCUT2D eigenvalue weighted by Gasteiger charge is 2.27. The molecular formula is C23H27FO4. The molecule has 0 unspecified atom stereocenters. The molecule has 150 valence electrons. The van der Waals surface area contributed by atoms with Crippen molar-refractivity contribution in [3.63, 3.8) is 0 Å². The summed E-state index contributed by atoms with van der Waals surface area (Å²) in [6.45, 7) is 9.33. The number of hydrogen-bond donors (Lipinski definition) is 1. The van der Waals surface area contributed by atoms with Gasteiger partial charge in [-0.15, -0.1) is 0 Å². The number of fused-ring (bicyclic) bond motifs is 1. The maximum Gasteiger partial charge on any atom is 0.328 e. The average Bonchev–Trinajstić information content (AvgIpc) is 2.62. The number of ether oxygens (including phenoxy) is 2. The molecule has 0 amide bonds. The molecule has 0 spiro atoms. The molecule has 1 aromatic carbocycles. The van der Waals surface area contributed by atoms with E-state index in [2.05, 4.69) is 13.0 Å². The zero-order valence-electron chi connectivity index (χ0n) is 17.2. The van der Waals surface area contributed by atoms with Crippen LogP contribution in [0.3, 0.4) is 0 Å². The number of allylic oxidation sites excluding steroid dienone is 6. The summed E-state index contributed by atoms with van der Waals surface area (Å²) in [5.41, 5.74) is 3.12. The minimum Gasteiger partial charge on any atom is -0.496 e. The normalized spacial score (nSPS) is 16.8. The van der Waals surface area contributed by atoms with Gasteiger partial charge in [0.1, 0.15) is 22.9 Å². The van der Waals surface area contributed by atoms with E-state index >= 15 is 0 Å². The van der Waals surface area contributed by atoms with Crippen LogP contribution in [0.2, 0.25) is 0 Å². The van der Waals surface area contributed by atoms with Crippen molar-refractivity contribution in [2.75, 3.05) is 7.11 Å². The van der Waals surface area contributed by atoms with Crippen LogP contribution in [-0.4, -0.2) is 23.8 Å². The SMILES string of the molecule is CCC1=CC(C)(C)Oc2cc(OC)c(C(C)=C(F)C=CC(C)=CC(=O)O)cc21. The Kier molecular flexibility index (Phi) is 6.49. The standard InChI is InChI=1S/C23H27FO4/c1-7-16-13-23(4,5)28-21-12-20(27-6)17(11-18(16)21)15(3)19(24)9-8-14(2)10-22(25)26/h8-13H,7H2,1-6H3,(H,25,26). The Balaban J connectivity index is 2.54. The first-order chi connectivity index (χ1) is 13.1. The molecule has 1 aliphatic rings. The van der Waals surface area contributed by atoms with E-state index in [1.165, 1.54) is 19.3 Å². The van der Waals surface area contributed by atoms with Gasteiger partial charge in [0.2, 0.25) is 0 Å². The first-order valence-electron chi connectivity index (χ1n) is 9.17. The third-order valence-electron chi connectivity index (χ3n) is 4.53. The molecule has 4 nitrogen and oxygen atoms in total. The number of halogens is 1. The third-order valence-corrected chi connectivity index (χ3v) is 4.53. The van der Waals surface area contributed by atoms with Gasteiger partial charge < -0.3 is 14.6 Å². The van der Waals surface area contributed by atoms with Gasteiger partial charge in [-0.2, -0.15) is 0 Å². The molecule has 0 saturated carbocycles. The molecule has 0 bridgehead atoms. The average molecular weight is 386 g/mol. The summed E-state index contributed by atoms with van der Waals surface area (Å²) in [6.07, 6.45) is 6.63. The van der Waals surface area contributed by atoms with Crippen molar-refractivity contribution >= 4 is 17.1 Å². The Hall–Kier alpha value is -2.82. The topological polar surface area (TPSA) is 55.8 Å². The highest BCUT2D eigenvalue weighted by atomic mass is 19.1. The fourth-order valence-corrected chi connectivity index (χ4v) is 3.16. The van der Waals surface area contributed by atoms with E-state index in [9.17, 15) is 9.18 Å². The van der Waals surface area contributed by atoms with Crippen LogP contribution in [0.1, 0.15) is 52.2 Å². The molecule has 1 aliphatic heterocycles. The minimum atomic E-state index is -1.07. The molecule has 0 saturated heterocycles.